The Kier molecular flexibility index (Phi) is 7.44. The molecule has 1 heterocycles. The van der Waals surface area contributed by atoms with E-state index in [0.29, 0.717) is 12.1 Å². The predicted molar refractivity (Wildman–Crippen MR) is 66.9 cm³/mol. The van der Waals surface area contributed by atoms with Gasteiger partial charge in [-0.15, -0.1) is 0 Å². The molecule has 0 radical (unpaired) electrons. The van der Waals surface area contributed by atoms with Crippen molar-refractivity contribution < 1.29 is 4.74 Å². The zero-order chi connectivity index (χ0) is 10.9. The molecule has 1 aliphatic heterocycles. The van der Waals surface area contributed by atoms with E-state index in [9.17, 15) is 0 Å². The first-order valence-corrected chi connectivity index (χ1v) is 7.17. The average molecular weight is 232 g/mol. The largest absolute Gasteiger partial charge is 0.378 e. The lowest BCUT2D eigenvalue weighted by molar-refractivity contribution is 0.101. The highest BCUT2D eigenvalue weighted by atomic mass is 32.2. The fraction of sp³-hybridized carbons (Fsp3) is 1.00. The molecule has 3 N–H and O–H groups in total. The van der Waals surface area contributed by atoms with Crippen molar-refractivity contribution in [2.24, 2.45) is 5.84 Å². The highest BCUT2D eigenvalue weighted by molar-refractivity contribution is 7.99. The number of thioether (sulfide) groups is 1. The third-order valence-electron chi connectivity index (χ3n) is 2.86. The van der Waals surface area contributed by atoms with Crippen LogP contribution in [-0.2, 0) is 4.74 Å². The van der Waals surface area contributed by atoms with Crippen LogP contribution < -0.4 is 11.3 Å². The van der Waals surface area contributed by atoms with Gasteiger partial charge in [-0.2, -0.15) is 11.8 Å². The van der Waals surface area contributed by atoms with Crippen LogP contribution in [0.15, 0.2) is 0 Å². The van der Waals surface area contributed by atoms with Crippen LogP contribution in [0, 0.1) is 0 Å². The minimum absolute atomic E-state index is 0.469. The zero-order valence-corrected chi connectivity index (χ0v) is 10.5. The van der Waals surface area contributed by atoms with E-state index < -0.39 is 0 Å². The van der Waals surface area contributed by atoms with E-state index in [1.165, 1.54) is 37.9 Å². The Morgan fingerprint density at radius 2 is 2.47 bits per heavy atom. The summed E-state index contributed by atoms with van der Waals surface area (Å²) >= 11 is 1.95. The molecule has 1 aliphatic rings. The van der Waals surface area contributed by atoms with Crippen molar-refractivity contribution in [2.45, 2.75) is 51.2 Å². The first-order valence-electron chi connectivity index (χ1n) is 6.02. The molecule has 0 aromatic rings. The van der Waals surface area contributed by atoms with Gasteiger partial charge in [0.2, 0.25) is 0 Å². The first-order chi connectivity index (χ1) is 7.36. The molecular weight excluding hydrogens is 208 g/mol. The third kappa shape index (κ3) is 5.76. The Hall–Kier alpha value is 0.230. The lowest BCUT2D eigenvalue weighted by atomic mass is 10.1. The predicted octanol–water partition coefficient (Wildman–Crippen LogP) is 1.92. The van der Waals surface area contributed by atoms with E-state index in [0.717, 1.165) is 12.4 Å². The summed E-state index contributed by atoms with van der Waals surface area (Å²) in [5.74, 6) is 7.81. The van der Waals surface area contributed by atoms with Crippen LogP contribution in [0.2, 0.25) is 0 Å². The molecule has 0 spiro atoms. The molecule has 0 amide bonds. The topological polar surface area (TPSA) is 47.3 Å². The van der Waals surface area contributed by atoms with E-state index in [1.54, 1.807) is 0 Å². The summed E-state index contributed by atoms with van der Waals surface area (Å²) in [6.07, 6.45) is 6.63. The highest BCUT2D eigenvalue weighted by Gasteiger charge is 2.15. The van der Waals surface area contributed by atoms with E-state index in [4.69, 9.17) is 10.6 Å². The van der Waals surface area contributed by atoms with E-state index in [1.807, 2.05) is 11.8 Å². The van der Waals surface area contributed by atoms with E-state index >= 15 is 0 Å². The quantitative estimate of drug-likeness (QED) is 0.496. The Balaban J connectivity index is 2.00. The lowest BCUT2D eigenvalue weighted by Crippen LogP contribution is -2.37. The van der Waals surface area contributed by atoms with E-state index in [2.05, 4.69) is 12.3 Å². The SMILES string of the molecule is CCSCC(CCCC1CCCO1)NN. The van der Waals surface area contributed by atoms with Crippen molar-refractivity contribution in [1.82, 2.24) is 5.43 Å². The molecule has 2 unspecified atom stereocenters. The number of ether oxygens (including phenoxy) is 1. The molecule has 4 heteroatoms. The number of nitrogens with two attached hydrogens (primary N) is 1. The maximum atomic E-state index is 5.59. The molecule has 1 fully saturated rings. The monoisotopic (exact) mass is 232 g/mol. The molecule has 0 aromatic carbocycles. The average Bonchev–Trinajstić information content (AvgIpc) is 2.76. The van der Waals surface area contributed by atoms with Gasteiger partial charge in [0.15, 0.2) is 0 Å². The Morgan fingerprint density at radius 3 is 3.07 bits per heavy atom. The third-order valence-corrected chi connectivity index (χ3v) is 3.91. The number of hydrazine groups is 1. The summed E-state index contributed by atoms with van der Waals surface area (Å²) in [5.41, 5.74) is 2.90. The summed E-state index contributed by atoms with van der Waals surface area (Å²) in [6.45, 7) is 3.15. The van der Waals surface area contributed by atoms with Gasteiger partial charge in [0.05, 0.1) is 6.10 Å². The normalized spacial score (nSPS) is 23.2. The molecule has 1 rings (SSSR count). The number of hydrogen-bond donors (Lipinski definition) is 2. The zero-order valence-electron chi connectivity index (χ0n) is 9.71. The molecule has 15 heavy (non-hydrogen) atoms. The van der Waals surface area contributed by atoms with Gasteiger partial charge < -0.3 is 4.74 Å². The van der Waals surface area contributed by atoms with Gasteiger partial charge in [-0.1, -0.05) is 6.92 Å². The van der Waals surface area contributed by atoms with Crippen LogP contribution in [-0.4, -0.2) is 30.3 Å². The van der Waals surface area contributed by atoms with E-state index in [-0.39, 0.29) is 0 Å². The van der Waals surface area contributed by atoms with Crippen molar-refractivity contribution in [3.05, 3.63) is 0 Å². The molecule has 0 saturated carbocycles. The summed E-state index contributed by atoms with van der Waals surface area (Å²) in [7, 11) is 0. The van der Waals surface area contributed by atoms with Gasteiger partial charge in [0.25, 0.3) is 0 Å². The minimum Gasteiger partial charge on any atom is -0.378 e. The number of nitrogens with one attached hydrogen (secondary N) is 1. The summed E-state index contributed by atoms with van der Waals surface area (Å²) in [4.78, 5) is 0. The lowest BCUT2D eigenvalue weighted by Gasteiger charge is -2.16. The van der Waals surface area contributed by atoms with Gasteiger partial charge >= 0.3 is 0 Å². The summed E-state index contributed by atoms with van der Waals surface area (Å²) < 4.78 is 5.59. The molecular formula is C11H24N2OS. The van der Waals surface area contributed by atoms with Crippen molar-refractivity contribution in [3.63, 3.8) is 0 Å². The standard InChI is InChI=1S/C11H24N2OS/c1-2-15-9-10(13-12)5-3-6-11-7-4-8-14-11/h10-11,13H,2-9,12H2,1H3. The highest BCUT2D eigenvalue weighted by Crippen LogP contribution is 2.18. The molecule has 0 bridgehead atoms. The van der Waals surface area contributed by atoms with Crippen molar-refractivity contribution in [3.8, 4) is 0 Å². The summed E-state index contributed by atoms with van der Waals surface area (Å²) in [6, 6.07) is 0.469. The van der Waals surface area contributed by atoms with Crippen molar-refractivity contribution >= 4 is 11.8 Å². The molecule has 0 aromatic heterocycles. The second kappa shape index (κ2) is 8.39. The number of hydrogen-bond acceptors (Lipinski definition) is 4. The Morgan fingerprint density at radius 1 is 1.60 bits per heavy atom. The second-order valence-corrected chi connectivity index (χ2v) is 5.41. The second-order valence-electron chi connectivity index (χ2n) is 4.09. The number of rotatable bonds is 8. The molecule has 2 atom stereocenters. The van der Waals surface area contributed by atoms with Gasteiger partial charge in [-0.3, -0.25) is 11.3 Å². The van der Waals surface area contributed by atoms with Crippen molar-refractivity contribution in [2.75, 3.05) is 18.1 Å². The fourth-order valence-electron chi connectivity index (χ4n) is 1.94. The maximum Gasteiger partial charge on any atom is 0.0576 e. The van der Waals surface area contributed by atoms with Crippen LogP contribution in [0.4, 0.5) is 0 Å². The van der Waals surface area contributed by atoms with Crippen molar-refractivity contribution in [1.29, 1.82) is 0 Å². The van der Waals surface area contributed by atoms with Crippen LogP contribution in [0.1, 0.15) is 39.0 Å². The van der Waals surface area contributed by atoms with Gasteiger partial charge in [-0.05, 0) is 37.9 Å². The first kappa shape index (κ1) is 13.3. The van der Waals surface area contributed by atoms with Gasteiger partial charge in [0.1, 0.15) is 0 Å². The van der Waals surface area contributed by atoms with Gasteiger partial charge in [-0.25, -0.2) is 0 Å². The van der Waals surface area contributed by atoms with Gasteiger partial charge in [0, 0.05) is 18.4 Å². The smallest absolute Gasteiger partial charge is 0.0576 e. The molecule has 3 nitrogen and oxygen atoms in total. The van der Waals surface area contributed by atoms with Crippen LogP contribution in [0.3, 0.4) is 0 Å². The molecule has 90 valence electrons. The Labute approximate surface area is 97.5 Å². The Bertz CT molecular complexity index is 152. The van der Waals surface area contributed by atoms with Crippen LogP contribution >= 0.6 is 11.8 Å². The maximum absolute atomic E-state index is 5.59. The minimum atomic E-state index is 0.469. The fourth-order valence-corrected chi connectivity index (χ4v) is 2.72. The molecule has 0 aliphatic carbocycles. The summed E-state index contributed by atoms with van der Waals surface area (Å²) in [5, 5.41) is 0. The van der Waals surface area contributed by atoms with Crippen LogP contribution in [0.5, 0.6) is 0 Å². The molecule has 1 saturated heterocycles. The van der Waals surface area contributed by atoms with Crippen LogP contribution in [0.25, 0.3) is 0 Å².